The Morgan fingerprint density at radius 3 is 2.88 bits per heavy atom. The van der Waals surface area contributed by atoms with Crippen LogP contribution < -0.4 is 5.73 Å². The molecule has 0 aliphatic rings. The largest absolute Gasteiger partial charge is 0.396 e. The smallest absolute Gasteiger partial charge is 0.0485 e. The number of rotatable bonds is 7. The average molecular weight is 223 g/mol. The molecule has 4 heteroatoms. The number of hydrogen-bond acceptors (Lipinski definition) is 4. The molecule has 0 saturated heterocycles. The van der Waals surface area contributed by atoms with Crippen molar-refractivity contribution in [1.29, 1.82) is 0 Å². The van der Waals surface area contributed by atoms with E-state index in [1.165, 1.54) is 0 Å². The summed E-state index contributed by atoms with van der Waals surface area (Å²) in [4.78, 5) is 6.39. The molecule has 0 fully saturated rings. The topological polar surface area (TPSA) is 62.4 Å². The average Bonchev–Trinajstić information content (AvgIpc) is 2.35. The third-order valence-corrected chi connectivity index (χ3v) is 2.74. The van der Waals surface area contributed by atoms with Gasteiger partial charge in [-0.05, 0) is 24.6 Å². The van der Waals surface area contributed by atoms with Crippen molar-refractivity contribution in [2.24, 2.45) is 5.73 Å². The summed E-state index contributed by atoms with van der Waals surface area (Å²) in [5.74, 6) is 0. The van der Waals surface area contributed by atoms with Crippen LogP contribution in [0.2, 0.25) is 0 Å². The number of likely N-dealkylation sites (N-methyl/N-ethyl adjacent to an activating group) is 1. The lowest BCUT2D eigenvalue weighted by Gasteiger charge is -2.29. The Labute approximate surface area is 97.1 Å². The van der Waals surface area contributed by atoms with Gasteiger partial charge < -0.3 is 10.8 Å². The molecule has 0 aromatic carbocycles. The van der Waals surface area contributed by atoms with Crippen LogP contribution >= 0.6 is 0 Å². The van der Waals surface area contributed by atoms with Crippen molar-refractivity contribution >= 4 is 0 Å². The van der Waals surface area contributed by atoms with Gasteiger partial charge in [0.1, 0.15) is 0 Å². The summed E-state index contributed by atoms with van der Waals surface area (Å²) in [6, 6.07) is 4.18. The number of hydrogen-bond donors (Lipinski definition) is 2. The number of pyridine rings is 1. The van der Waals surface area contributed by atoms with Crippen LogP contribution in [-0.2, 0) is 0 Å². The van der Waals surface area contributed by atoms with Crippen molar-refractivity contribution < 1.29 is 5.11 Å². The second kappa shape index (κ2) is 7.33. The predicted molar refractivity (Wildman–Crippen MR) is 65.0 cm³/mol. The summed E-state index contributed by atoms with van der Waals surface area (Å²) in [7, 11) is 0. The predicted octanol–water partition coefficient (Wildman–Crippen LogP) is 0.786. The number of aromatic nitrogens is 1. The fourth-order valence-electron chi connectivity index (χ4n) is 1.88. The molecule has 0 aliphatic heterocycles. The summed E-state index contributed by atoms with van der Waals surface area (Å²) in [6.07, 6.45) is 4.41. The van der Waals surface area contributed by atoms with E-state index in [0.717, 1.165) is 25.1 Å². The lowest BCUT2D eigenvalue weighted by Crippen LogP contribution is -2.34. The van der Waals surface area contributed by atoms with Gasteiger partial charge in [-0.25, -0.2) is 0 Å². The SMILES string of the molecule is CCN(CCCO)C(CN)c1cccnc1. The standard InChI is InChI=1S/C12H21N3O/c1-2-15(7-4-8-16)12(9-13)11-5-3-6-14-10-11/h3,5-6,10,12,16H,2,4,7-9,13H2,1H3. The number of aliphatic hydroxyl groups is 1. The van der Waals surface area contributed by atoms with Crippen molar-refractivity contribution in [3.8, 4) is 0 Å². The Bertz CT molecular complexity index is 279. The van der Waals surface area contributed by atoms with Gasteiger partial charge in [-0.1, -0.05) is 13.0 Å². The third kappa shape index (κ3) is 3.56. The molecule has 16 heavy (non-hydrogen) atoms. The molecular weight excluding hydrogens is 202 g/mol. The number of nitrogens with zero attached hydrogens (tertiary/aromatic N) is 2. The monoisotopic (exact) mass is 223 g/mol. The lowest BCUT2D eigenvalue weighted by atomic mass is 10.1. The number of nitrogens with two attached hydrogens (primary N) is 1. The van der Waals surface area contributed by atoms with E-state index < -0.39 is 0 Å². The van der Waals surface area contributed by atoms with Crippen LogP contribution in [0.5, 0.6) is 0 Å². The van der Waals surface area contributed by atoms with Gasteiger partial charge in [0.15, 0.2) is 0 Å². The minimum absolute atomic E-state index is 0.199. The molecule has 0 bridgehead atoms. The Morgan fingerprint density at radius 2 is 2.38 bits per heavy atom. The van der Waals surface area contributed by atoms with Crippen LogP contribution in [-0.4, -0.2) is 41.2 Å². The summed E-state index contributed by atoms with van der Waals surface area (Å²) >= 11 is 0. The maximum atomic E-state index is 8.87. The first kappa shape index (κ1) is 13.1. The van der Waals surface area contributed by atoms with Crippen LogP contribution in [0.4, 0.5) is 0 Å². The summed E-state index contributed by atoms with van der Waals surface area (Å²) < 4.78 is 0. The molecule has 1 unspecified atom stereocenters. The fourth-order valence-corrected chi connectivity index (χ4v) is 1.88. The highest BCUT2D eigenvalue weighted by atomic mass is 16.3. The van der Waals surface area contributed by atoms with Crippen LogP contribution in [0.25, 0.3) is 0 Å². The maximum absolute atomic E-state index is 8.87. The summed E-state index contributed by atoms with van der Waals surface area (Å²) in [5, 5.41) is 8.87. The molecule has 1 heterocycles. The van der Waals surface area contributed by atoms with Crippen LogP contribution in [0.1, 0.15) is 24.9 Å². The molecule has 0 radical (unpaired) electrons. The molecule has 0 spiro atoms. The quantitative estimate of drug-likeness (QED) is 0.717. The third-order valence-electron chi connectivity index (χ3n) is 2.74. The molecule has 0 amide bonds. The van der Waals surface area contributed by atoms with Gasteiger partial charge in [0.25, 0.3) is 0 Å². The molecule has 1 rings (SSSR count). The molecule has 1 aromatic heterocycles. The van der Waals surface area contributed by atoms with Crippen molar-refractivity contribution in [3.05, 3.63) is 30.1 Å². The Hall–Kier alpha value is -0.970. The second-order valence-electron chi connectivity index (χ2n) is 3.74. The first-order valence-electron chi connectivity index (χ1n) is 5.78. The van der Waals surface area contributed by atoms with E-state index in [0.29, 0.717) is 6.54 Å². The van der Waals surface area contributed by atoms with E-state index in [1.54, 1.807) is 6.20 Å². The van der Waals surface area contributed by atoms with Gasteiger partial charge in [-0.15, -0.1) is 0 Å². The number of aliphatic hydroxyl groups excluding tert-OH is 1. The summed E-state index contributed by atoms with van der Waals surface area (Å²) in [6.45, 7) is 4.70. The van der Waals surface area contributed by atoms with Crippen LogP contribution in [0.15, 0.2) is 24.5 Å². The van der Waals surface area contributed by atoms with Gasteiger partial charge in [-0.3, -0.25) is 9.88 Å². The molecule has 1 aromatic rings. The van der Waals surface area contributed by atoms with Crippen molar-refractivity contribution in [2.45, 2.75) is 19.4 Å². The van der Waals surface area contributed by atoms with E-state index >= 15 is 0 Å². The van der Waals surface area contributed by atoms with E-state index in [-0.39, 0.29) is 12.6 Å². The molecule has 90 valence electrons. The highest BCUT2D eigenvalue weighted by molar-refractivity contribution is 5.14. The van der Waals surface area contributed by atoms with Gasteiger partial charge in [0.05, 0.1) is 0 Å². The highest BCUT2D eigenvalue weighted by Crippen LogP contribution is 2.18. The van der Waals surface area contributed by atoms with E-state index in [9.17, 15) is 0 Å². The molecular formula is C12H21N3O. The first-order valence-corrected chi connectivity index (χ1v) is 5.78. The van der Waals surface area contributed by atoms with E-state index in [4.69, 9.17) is 10.8 Å². The maximum Gasteiger partial charge on any atom is 0.0485 e. The van der Waals surface area contributed by atoms with Gasteiger partial charge >= 0.3 is 0 Å². The van der Waals surface area contributed by atoms with Gasteiger partial charge in [0, 0.05) is 38.1 Å². The second-order valence-corrected chi connectivity index (χ2v) is 3.74. The highest BCUT2D eigenvalue weighted by Gasteiger charge is 2.16. The minimum Gasteiger partial charge on any atom is -0.396 e. The lowest BCUT2D eigenvalue weighted by molar-refractivity contribution is 0.185. The zero-order chi connectivity index (χ0) is 11.8. The van der Waals surface area contributed by atoms with E-state index in [1.807, 2.05) is 18.3 Å². The summed E-state index contributed by atoms with van der Waals surface area (Å²) in [5.41, 5.74) is 6.96. The fraction of sp³-hybridized carbons (Fsp3) is 0.583. The van der Waals surface area contributed by atoms with Crippen molar-refractivity contribution in [3.63, 3.8) is 0 Å². The zero-order valence-corrected chi connectivity index (χ0v) is 9.84. The first-order chi connectivity index (χ1) is 7.83. The molecule has 1 atom stereocenters. The molecule has 3 N–H and O–H groups in total. The Morgan fingerprint density at radius 1 is 1.56 bits per heavy atom. The van der Waals surface area contributed by atoms with Crippen LogP contribution in [0, 0.1) is 0 Å². The Balaban J connectivity index is 2.71. The normalized spacial score (nSPS) is 13.0. The molecule has 0 saturated carbocycles. The van der Waals surface area contributed by atoms with Gasteiger partial charge in [-0.2, -0.15) is 0 Å². The van der Waals surface area contributed by atoms with Crippen molar-refractivity contribution in [1.82, 2.24) is 9.88 Å². The van der Waals surface area contributed by atoms with Crippen molar-refractivity contribution in [2.75, 3.05) is 26.2 Å². The van der Waals surface area contributed by atoms with Crippen LogP contribution in [0.3, 0.4) is 0 Å². The molecule has 0 aliphatic carbocycles. The Kier molecular flexibility index (Phi) is 6.00. The zero-order valence-electron chi connectivity index (χ0n) is 9.84. The molecule has 4 nitrogen and oxygen atoms in total. The van der Waals surface area contributed by atoms with Gasteiger partial charge in [0.2, 0.25) is 0 Å². The minimum atomic E-state index is 0.199. The van der Waals surface area contributed by atoms with E-state index in [2.05, 4.69) is 16.8 Å².